The Hall–Kier alpha value is -2.62. The van der Waals surface area contributed by atoms with E-state index < -0.39 is 0 Å². The summed E-state index contributed by atoms with van der Waals surface area (Å²) in [6, 6.07) is 16.8. The van der Waals surface area contributed by atoms with Gasteiger partial charge in [0.05, 0.1) is 30.4 Å². The predicted molar refractivity (Wildman–Crippen MR) is 137 cm³/mol. The highest BCUT2D eigenvalue weighted by molar-refractivity contribution is 14.0. The van der Waals surface area contributed by atoms with Gasteiger partial charge in [-0.05, 0) is 36.1 Å². The van der Waals surface area contributed by atoms with Crippen molar-refractivity contribution in [1.29, 1.82) is 0 Å². The molecule has 0 saturated carbocycles. The fraction of sp³-hybridized carbons (Fsp3) is 0.375. The van der Waals surface area contributed by atoms with Crippen molar-refractivity contribution in [3.8, 4) is 0 Å². The third-order valence-electron chi connectivity index (χ3n) is 5.89. The number of esters is 1. The molecule has 8 heteroatoms. The average Bonchev–Trinajstić information content (AvgIpc) is 3.23. The van der Waals surface area contributed by atoms with E-state index >= 15 is 0 Å². The maximum atomic E-state index is 11.7. The number of nitrogens with one attached hydrogen (secondary N) is 1. The Bertz CT molecular complexity index is 1060. The van der Waals surface area contributed by atoms with E-state index in [1.165, 1.54) is 18.2 Å². The summed E-state index contributed by atoms with van der Waals surface area (Å²) in [4.78, 5) is 22.8. The van der Waals surface area contributed by atoms with E-state index in [0.29, 0.717) is 6.54 Å². The van der Waals surface area contributed by atoms with Crippen LogP contribution in [0.5, 0.6) is 0 Å². The summed E-state index contributed by atoms with van der Waals surface area (Å²) in [6.45, 7) is 3.11. The van der Waals surface area contributed by atoms with Crippen LogP contribution in [0.25, 0.3) is 11.0 Å². The molecule has 0 aliphatic carbocycles. The summed E-state index contributed by atoms with van der Waals surface area (Å²) in [6.07, 6.45) is 3.49. The van der Waals surface area contributed by atoms with Crippen molar-refractivity contribution < 1.29 is 9.53 Å². The molecule has 0 radical (unpaired) electrons. The largest absolute Gasteiger partial charge is 0.469 e. The Morgan fingerprint density at radius 3 is 2.50 bits per heavy atom. The van der Waals surface area contributed by atoms with Crippen LogP contribution < -0.4 is 5.32 Å². The van der Waals surface area contributed by atoms with E-state index in [0.717, 1.165) is 49.5 Å². The molecule has 0 atom stereocenters. The minimum atomic E-state index is -0.105. The topological polar surface area (TPSA) is 71.8 Å². The number of nitrogens with zero attached hydrogens (tertiary/aromatic N) is 4. The van der Waals surface area contributed by atoms with Crippen LogP contribution in [0.2, 0.25) is 0 Å². The zero-order chi connectivity index (χ0) is 21.6. The Morgan fingerprint density at radius 1 is 1.12 bits per heavy atom. The van der Waals surface area contributed by atoms with Gasteiger partial charge in [0.2, 0.25) is 0 Å². The Morgan fingerprint density at radius 2 is 1.81 bits per heavy atom. The number of fused-ring (bicyclic) bond motifs is 1. The lowest BCUT2D eigenvalue weighted by Crippen LogP contribution is -2.46. The number of benzene rings is 2. The van der Waals surface area contributed by atoms with Gasteiger partial charge >= 0.3 is 5.97 Å². The van der Waals surface area contributed by atoms with Crippen molar-refractivity contribution in [3.05, 3.63) is 66.0 Å². The highest BCUT2D eigenvalue weighted by Gasteiger charge is 2.26. The maximum Gasteiger partial charge on any atom is 0.308 e. The van der Waals surface area contributed by atoms with E-state index in [9.17, 15) is 4.79 Å². The predicted octanol–water partition coefficient (Wildman–Crippen LogP) is 3.66. The van der Waals surface area contributed by atoms with Crippen LogP contribution in [-0.2, 0) is 22.6 Å². The number of ether oxygens (including phenoxy) is 1. The minimum absolute atomic E-state index is 0. The first kappa shape index (κ1) is 24.0. The number of hydrogen-bond acceptors (Lipinski definition) is 4. The first-order valence-corrected chi connectivity index (χ1v) is 10.7. The maximum absolute atomic E-state index is 11.7. The van der Waals surface area contributed by atoms with Gasteiger partial charge < -0.3 is 19.5 Å². The molecule has 0 amide bonds. The van der Waals surface area contributed by atoms with Crippen molar-refractivity contribution in [2.75, 3.05) is 27.2 Å². The second-order valence-corrected chi connectivity index (χ2v) is 7.86. The number of hydrogen-bond donors (Lipinski definition) is 1. The number of carbonyl (C=O) groups is 1. The molecule has 1 aliphatic heterocycles. The number of halogens is 1. The molecule has 3 aromatic rings. The van der Waals surface area contributed by atoms with Crippen LogP contribution in [0.15, 0.2) is 59.9 Å². The SMILES string of the molecule is CN=C(NCc1ccc(Cn2cnc3ccccc32)cc1)N1CCC(C(=O)OC)CC1.I. The molecule has 0 unspecified atom stereocenters. The van der Waals surface area contributed by atoms with Crippen LogP contribution >= 0.6 is 24.0 Å². The van der Waals surface area contributed by atoms with Crippen molar-refractivity contribution in [2.45, 2.75) is 25.9 Å². The van der Waals surface area contributed by atoms with Gasteiger partial charge in [0.15, 0.2) is 5.96 Å². The van der Waals surface area contributed by atoms with Crippen molar-refractivity contribution in [1.82, 2.24) is 19.8 Å². The summed E-state index contributed by atoms with van der Waals surface area (Å²) in [5, 5.41) is 3.45. The smallest absolute Gasteiger partial charge is 0.308 e. The van der Waals surface area contributed by atoms with E-state index in [-0.39, 0.29) is 35.9 Å². The molecule has 1 aliphatic rings. The van der Waals surface area contributed by atoms with Crippen LogP contribution in [0.3, 0.4) is 0 Å². The third-order valence-corrected chi connectivity index (χ3v) is 5.89. The van der Waals surface area contributed by atoms with Crippen molar-refractivity contribution in [2.24, 2.45) is 10.9 Å². The van der Waals surface area contributed by atoms with Crippen molar-refractivity contribution in [3.63, 3.8) is 0 Å². The molecule has 0 bridgehead atoms. The average molecular weight is 547 g/mol. The van der Waals surface area contributed by atoms with Crippen LogP contribution in [0, 0.1) is 5.92 Å². The number of methoxy groups -OCH3 is 1. The monoisotopic (exact) mass is 547 g/mol. The minimum Gasteiger partial charge on any atom is -0.469 e. The molecule has 1 saturated heterocycles. The van der Waals surface area contributed by atoms with E-state index in [1.807, 2.05) is 24.5 Å². The van der Waals surface area contributed by atoms with Crippen molar-refractivity contribution >= 4 is 46.9 Å². The lowest BCUT2D eigenvalue weighted by atomic mass is 9.97. The summed E-state index contributed by atoms with van der Waals surface area (Å²) < 4.78 is 7.04. The number of aromatic nitrogens is 2. The lowest BCUT2D eigenvalue weighted by Gasteiger charge is -2.33. The molecule has 2 aromatic carbocycles. The fourth-order valence-electron chi connectivity index (χ4n) is 4.10. The van der Waals surface area contributed by atoms with Gasteiger partial charge in [-0.25, -0.2) is 4.98 Å². The summed E-state index contributed by atoms with van der Waals surface area (Å²) in [5.41, 5.74) is 4.60. The van der Waals surface area contributed by atoms with Crippen LogP contribution in [0.4, 0.5) is 0 Å². The molecule has 2 heterocycles. The Balaban J connectivity index is 0.00000289. The molecular formula is C24H30IN5O2. The zero-order valence-corrected chi connectivity index (χ0v) is 20.9. The van der Waals surface area contributed by atoms with Crippen LogP contribution in [-0.4, -0.2) is 53.6 Å². The number of piperidine rings is 1. The number of rotatable bonds is 5. The standard InChI is InChI=1S/C24H29N5O2.HI/c1-25-24(28-13-11-20(12-14-28)23(30)31-2)26-15-18-7-9-19(10-8-18)16-29-17-27-21-5-3-4-6-22(21)29;/h3-10,17,20H,11-16H2,1-2H3,(H,25,26);1H. The molecule has 0 spiro atoms. The lowest BCUT2D eigenvalue weighted by molar-refractivity contribution is -0.146. The highest BCUT2D eigenvalue weighted by Crippen LogP contribution is 2.19. The second-order valence-electron chi connectivity index (χ2n) is 7.86. The summed E-state index contributed by atoms with van der Waals surface area (Å²) >= 11 is 0. The molecule has 170 valence electrons. The Labute approximate surface area is 205 Å². The van der Waals surface area contributed by atoms with Gasteiger partial charge in [-0.1, -0.05) is 36.4 Å². The van der Waals surface area contributed by atoms with Crippen LogP contribution in [0.1, 0.15) is 24.0 Å². The third kappa shape index (κ3) is 5.59. The van der Waals surface area contributed by atoms with Gasteiger partial charge in [0.25, 0.3) is 0 Å². The number of guanidine groups is 1. The molecule has 4 rings (SSSR count). The summed E-state index contributed by atoms with van der Waals surface area (Å²) in [7, 11) is 3.26. The molecule has 1 fully saturated rings. The number of likely N-dealkylation sites (tertiary alicyclic amines) is 1. The van der Waals surface area contributed by atoms with Gasteiger partial charge in [0, 0.05) is 33.2 Å². The van der Waals surface area contributed by atoms with Gasteiger partial charge in [0.1, 0.15) is 0 Å². The quantitative estimate of drug-likeness (QED) is 0.229. The van der Waals surface area contributed by atoms with Gasteiger partial charge in [-0.15, -0.1) is 24.0 Å². The number of carbonyl (C=O) groups excluding carboxylic acids is 1. The van der Waals surface area contributed by atoms with E-state index in [4.69, 9.17) is 4.74 Å². The normalized spacial score (nSPS) is 14.8. The fourth-order valence-corrected chi connectivity index (χ4v) is 4.10. The molecule has 1 N–H and O–H groups in total. The first-order chi connectivity index (χ1) is 15.2. The van der Waals surface area contributed by atoms with E-state index in [2.05, 4.69) is 55.1 Å². The number of imidazole rings is 1. The molecule has 32 heavy (non-hydrogen) atoms. The molecule has 1 aromatic heterocycles. The number of para-hydroxylation sites is 2. The van der Waals surface area contributed by atoms with E-state index in [1.54, 1.807) is 7.05 Å². The molecule has 7 nitrogen and oxygen atoms in total. The first-order valence-electron chi connectivity index (χ1n) is 10.7. The summed E-state index contributed by atoms with van der Waals surface area (Å²) in [5.74, 6) is 0.767. The number of aliphatic imine (C=N–C) groups is 1. The zero-order valence-electron chi connectivity index (χ0n) is 18.5. The second kappa shape index (κ2) is 11.3. The van der Waals surface area contributed by atoms with Gasteiger partial charge in [-0.2, -0.15) is 0 Å². The Kier molecular flexibility index (Phi) is 8.49. The van der Waals surface area contributed by atoms with Gasteiger partial charge in [-0.3, -0.25) is 9.79 Å². The highest BCUT2D eigenvalue weighted by atomic mass is 127. The molecular weight excluding hydrogens is 517 g/mol.